The standard InChI is InChI=1S/C19H23N5O2/c1-11-5-4-6-15(7-11)24-10-14(8-18(24)26)23-17(25)9-16-12(2)21-19(20)22-13(16)3/h4-7,14H,8-10H2,1-3H3,(H,23,25)(H2,20,21,22)/t14-/m0/s1. The fraction of sp³-hybridized carbons (Fsp3) is 0.368. The number of carbonyl (C=O) groups excluding carboxylic acids is 2. The number of carbonyl (C=O) groups is 2. The van der Waals surface area contributed by atoms with E-state index in [2.05, 4.69) is 15.3 Å². The van der Waals surface area contributed by atoms with E-state index in [0.29, 0.717) is 24.4 Å². The van der Waals surface area contributed by atoms with Crippen molar-refractivity contribution < 1.29 is 9.59 Å². The number of nitrogens with two attached hydrogens (primary N) is 1. The molecule has 1 saturated heterocycles. The zero-order chi connectivity index (χ0) is 18.8. The minimum atomic E-state index is -0.203. The van der Waals surface area contributed by atoms with Gasteiger partial charge in [-0.05, 0) is 38.5 Å². The van der Waals surface area contributed by atoms with Crippen LogP contribution in [0, 0.1) is 20.8 Å². The number of nitrogens with one attached hydrogen (secondary N) is 1. The fourth-order valence-electron chi connectivity index (χ4n) is 3.31. The average molecular weight is 353 g/mol. The minimum Gasteiger partial charge on any atom is -0.368 e. The van der Waals surface area contributed by atoms with E-state index in [-0.39, 0.29) is 30.2 Å². The van der Waals surface area contributed by atoms with Crippen molar-refractivity contribution in [1.29, 1.82) is 0 Å². The van der Waals surface area contributed by atoms with Gasteiger partial charge in [0.05, 0.1) is 12.5 Å². The first-order valence-corrected chi connectivity index (χ1v) is 8.59. The molecular weight excluding hydrogens is 330 g/mol. The van der Waals surface area contributed by atoms with Crippen molar-refractivity contribution in [3.8, 4) is 0 Å². The first-order valence-electron chi connectivity index (χ1n) is 8.59. The van der Waals surface area contributed by atoms with Crippen molar-refractivity contribution in [1.82, 2.24) is 15.3 Å². The molecule has 1 aliphatic heterocycles. The summed E-state index contributed by atoms with van der Waals surface area (Å²) < 4.78 is 0. The predicted octanol–water partition coefficient (Wildman–Crippen LogP) is 1.45. The predicted molar refractivity (Wildman–Crippen MR) is 99.7 cm³/mol. The van der Waals surface area contributed by atoms with Gasteiger partial charge in [-0.2, -0.15) is 0 Å². The van der Waals surface area contributed by atoms with Crippen LogP contribution in [-0.2, 0) is 16.0 Å². The van der Waals surface area contributed by atoms with E-state index in [9.17, 15) is 9.59 Å². The van der Waals surface area contributed by atoms with Gasteiger partial charge in [0, 0.05) is 35.6 Å². The average Bonchev–Trinajstić information content (AvgIpc) is 2.91. The van der Waals surface area contributed by atoms with Gasteiger partial charge in [-0.3, -0.25) is 9.59 Å². The monoisotopic (exact) mass is 353 g/mol. The lowest BCUT2D eigenvalue weighted by Crippen LogP contribution is -2.38. The summed E-state index contributed by atoms with van der Waals surface area (Å²) in [4.78, 5) is 34.7. The minimum absolute atomic E-state index is 0.0177. The van der Waals surface area contributed by atoms with Crippen LogP contribution < -0.4 is 16.0 Å². The molecule has 1 aromatic carbocycles. The molecule has 136 valence electrons. The molecule has 7 heteroatoms. The number of anilines is 2. The Kier molecular flexibility index (Phi) is 4.88. The van der Waals surface area contributed by atoms with Crippen molar-refractivity contribution in [3.05, 3.63) is 46.8 Å². The second-order valence-electron chi connectivity index (χ2n) is 6.72. The summed E-state index contributed by atoms with van der Waals surface area (Å²) in [5.41, 5.74) is 9.76. The van der Waals surface area contributed by atoms with Gasteiger partial charge in [0.2, 0.25) is 17.8 Å². The SMILES string of the molecule is Cc1cccc(N2C[C@@H](NC(=O)Cc3c(C)nc(N)nc3C)CC2=O)c1. The third kappa shape index (κ3) is 3.82. The number of hydrogen-bond acceptors (Lipinski definition) is 5. The van der Waals surface area contributed by atoms with Crippen LogP contribution in [0.2, 0.25) is 0 Å². The maximum atomic E-state index is 12.4. The summed E-state index contributed by atoms with van der Waals surface area (Å²) in [7, 11) is 0. The van der Waals surface area contributed by atoms with E-state index in [0.717, 1.165) is 16.8 Å². The molecular formula is C19H23N5O2. The first kappa shape index (κ1) is 17.8. The lowest BCUT2D eigenvalue weighted by Gasteiger charge is -2.18. The van der Waals surface area contributed by atoms with Gasteiger partial charge < -0.3 is 16.0 Å². The zero-order valence-electron chi connectivity index (χ0n) is 15.2. The van der Waals surface area contributed by atoms with Crippen LogP contribution in [0.3, 0.4) is 0 Å². The van der Waals surface area contributed by atoms with E-state index in [1.807, 2.05) is 45.0 Å². The number of hydrogen-bond donors (Lipinski definition) is 2. The van der Waals surface area contributed by atoms with Crippen LogP contribution in [0.25, 0.3) is 0 Å². The van der Waals surface area contributed by atoms with Crippen LogP contribution in [0.5, 0.6) is 0 Å². The van der Waals surface area contributed by atoms with E-state index in [1.54, 1.807) is 4.90 Å². The molecule has 0 spiro atoms. The molecule has 0 unspecified atom stereocenters. The molecule has 0 bridgehead atoms. The molecule has 0 aliphatic carbocycles. The van der Waals surface area contributed by atoms with Crippen molar-refractivity contribution in [3.63, 3.8) is 0 Å². The van der Waals surface area contributed by atoms with E-state index in [1.165, 1.54) is 0 Å². The quantitative estimate of drug-likeness (QED) is 0.866. The Bertz CT molecular complexity index is 842. The molecule has 2 aromatic rings. The Morgan fingerprint density at radius 1 is 1.27 bits per heavy atom. The van der Waals surface area contributed by atoms with Gasteiger partial charge in [0.1, 0.15) is 0 Å². The highest BCUT2D eigenvalue weighted by molar-refractivity contribution is 5.97. The van der Waals surface area contributed by atoms with E-state index >= 15 is 0 Å². The number of nitrogens with zero attached hydrogens (tertiary/aromatic N) is 3. The molecule has 26 heavy (non-hydrogen) atoms. The second-order valence-corrected chi connectivity index (χ2v) is 6.72. The van der Waals surface area contributed by atoms with Gasteiger partial charge in [0.25, 0.3) is 0 Å². The lowest BCUT2D eigenvalue weighted by atomic mass is 10.1. The summed E-state index contributed by atoms with van der Waals surface area (Å²) in [5, 5.41) is 2.95. The maximum absolute atomic E-state index is 12.4. The molecule has 3 rings (SSSR count). The topological polar surface area (TPSA) is 101 Å². The van der Waals surface area contributed by atoms with Gasteiger partial charge in [-0.15, -0.1) is 0 Å². The molecule has 0 radical (unpaired) electrons. The number of amides is 2. The number of aromatic nitrogens is 2. The lowest BCUT2D eigenvalue weighted by molar-refractivity contribution is -0.121. The van der Waals surface area contributed by atoms with Crippen molar-refractivity contribution in [2.24, 2.45) is 0 Å². The zero-order valence-corrected chi connectivity index (χ0v) is 15.2. The van der Waals surface area contributed by atoms with Crippen LogP contribution in [0.4, 0.5) is 11.6 Å². The molecule has 1 fully saturated rings. The molecule has 3 N–H and O–H groups in total. The Balaban J connectivity index is 1.65. The van der Waals surface area contributed by atoms with Gasteiger partial charge >= 0.3 is 0 Å². The molecule has 1 atom stereocenters. The van der Waals surface area contributed by atoms with Crippen LogP contribution >= 0.6 is 0 Å². The number of nitrogen functional groups attached to an aromatic ring is 1. The summed E-state index contributed by atoms with van der Waals surface area (Å²) in [5.74, 6) is 0.0805. The van der Waals surface area contributed by atoms with Gasteiger partial charge in [-0.1, -0.05) is 12.1 Å². The summed E-state index contributed by atoms with van der Waals surface area (Å²) in [6.45, 7) is 6.09. The number of benzene rings is 1. The Labute approximate surface area is 152 Å². The van der Waals surface area contributed by atoms with Crippen LogP contribution in [0.1, 0.15) is 28.9 Å². The molecule has 0 saturated carbocycles. The molecule has 1 aliphatic rings. The van der Waals surface area contributed by atoms with Crippen molar-refractivity contribution in [2.45, 2.75) is 39.7 Å². The third-order valence-electron chi connectivity index (χ3n) is 4.58. The number of rotatable bonds is 4. The molecule has 7 nitrogen and oxygen atoms in total. The summed E-state index contributed by atoms with van der Waals surface area (Å²) in [6.07, 6.45) is 0.475. The van der Waals surface area contributed by atoms with E-state index in [4.69, 9.17) is 5.73 Å². The normalized spacial score (nSPS) is 16.8. The van der Waals surface area contributed by atoms with Crippen molar-refractivity contribution >= 4 is 23.5 Å². The fourth-order valence-corrected chi connectivity index (χ4v) is 3.31. The maximum Gasteiger partial charge on any atom is 0.229 e. The highest BCUT2D eigenvalue weighted by atomic mass is 16.2. The smallest absolute Gasteiger partial charge is 0.229 e. The highest BCUT2D eigenvalue weighted by Crippen LogP contribution is 2.22. The van der Waals surface area contributed by atoms with Gasteiger partial charge in [0.15, 0.2) is 0 Å². The van der Waals surface area contributed by atoms with Crippen LogP contribution in [-0.4, -0.2) is 34.4 Å². The van der Waals surface area contributed by atoms with E-state index < -0.39 is 0 Å². The highest BCUT2D eigenvalue weighted by Gasteiger charge is 2.31. The largest absolute Gasteiger partial charge is 0.368 e. The molecule has 2 amide bonds. The van der Waals surface area contributed by atoms with Crippen LogP contribution in [0.15, 0.2) is 24.3 Å². The Morgan fingerprint density at radius 2 is 1.96 bits per heavy atom. The third-order valence-corrected chi connectivity index (χ3v) is 4.58. The second kappa shape index (κ2) is 7.11. The Hall–Kier alpha value is -2.96. The first-order chi connectivity index (χ1) is 12.3. The Morgan fingerprint density at radius 3 is 2.62 bits per heavy atom. The summed E-state index contributed by atoms with van der Waals surface area (Å²) >= 11 is 0. The van der Waals surface area contributed by atoms with Crippen molar-refractivity contribution in [2.75, 3.05) is 17.2 Å². The van der Waals surface area contributed by atoms with Gasteiger partial charge in [-0.25, -0.2) is 9.97 Å². The number of aryl methyl sites for hydroxylation is 3. The molecule has 2 heterocycles. The molecule has 1 aromatic heterocycles. The summed E-state index contributed by atoms with van der Waals surface area (Å²) in [6, 6.07) is 7.60.